The average Bonchev–Trinajstić information content (AvgIpc) is 2.84. The first-order chi connectivity index (χ1) is 15.3. The molecule has 4 aromatic rings. The van der Waals surface area contributed by atoms with Gasteiger partial charge in [-0.25, -0.2) is 0 Å². The molecule has 0 bridgehead atoms. The molecule has 4 rings (SSSR count). The van der Waals surface area contributed by atoms with Gasteiger partial charge in [0.2, 0.25) is 0 Å². The summed E-state index contributed by atoms with van der Waals surface area (Å²) in [6.07, 6.45) is 3.04. The van der Waals surface area contributed by atoms with Crippen LogP contribution < -0.4 is 9.47 Å². The summed E-state index contributed by atoms with van der Waals surface area (Å²) in [5.74, 6) is 1.65. The van der Waals surface area contributed by atoms with E-state index < -0.39 is 0 Å². The Labute approximate surface area is 185 Å². The van der Waals surface area contributed by atoms with E-state index in [0.717, 1.165) is 47.5 Å². The Balaban J connectivity index is 1.61. The van der Waals surface area contributed by atoms with Crippen molar-refractivity contribution in [1.82, 2.24) is 0 Å². The fourth-order valence-electron chi connectivity index (χ4n) is 3.87. The molecule has 4 aromatic carbocycles. The zero-order chi connectivity index (χ0) is 21.3. The molecule has 0 atom stereocenters. The highest BCUT2D eigenvalue weighted by Gasteiger charge is 2.17. The third-order valence-corrected chi connectivity index (χ3v) is 5.46. The minimum Gasteiger partial charge on any atom is -0.493 e. The largest absolute Gasteiger partial charge is 0.493 e. The maximum Gasteiger partial charge on any atom is 0.169 e. The van der Waals surface area contributed by atoms with Gasteiger partial charge >= 0.3 is 0 Å². The number of hydrogen-bond acceptors (Lipinski definition) is 2. The lowest BCUT2D eigenvalue weighted by Crippen LogP contribution is -2.03. The van der Waals surface area contributed by atoms with E-state index in [2.05, 4.69) is 78.9 Å². The Kier molecular flexibility index (Phi) is 7.02. The highest BCUT2D eigenvalue weighted by molar-refractivity contribution is 5.75. The zero-order valence-electron chi connectivity index (χ0n) is 18.0. The maximum atomic E-state index is 6.38. The molecule has 0 unspecified atom stereocenters. The molecule has 0 aliphatic carbocycles. The fraction of sp³-hybridized carbons (Fsp3) is 0.172. The van der Waals surface area contributed by atoms with Crippen LogP contribution >= 0.6 is 0 Å². The van der Waals surface area contributed by atoms with Gasteiger partial charge in [-0.1, -0.05) is 103 Å². The molecule has 0 saturated carbocycles. The van der Waals surface area contributed by atoms with E-state index in [0.29, 0.717) is 6.61 Å². The predicted molar refractivity (Wildman–Crippen MR) is 128 cm³/mol. The summed E-state index contributed by atoms with van der Waals surface area (Å²) in [6.45, 7) is 0.504. The van der Waals surface area contributed by atoms with Gasteiger partial charge in [-0.3, -0.25) is 0 Å². The van der Waals surface area contributed by atoms with Crippen molar-refractivity contribution in [3.05, 3.63) is 120 Å². The van der Waals surface area contributed by atoms with Crippen LogP contribution in [0, 0.1) is 0 Å². The van der Waals surface area contributed by atoms with Gasteiger partial charge in [-0.05, 0) is 41.5 Å². The smallest absolute Gasteiger partial charge is 0.169 e. The van der Waals surface area contributed by atoms with E-state index >= 15 is 0 Å². The van der Waals surface area contributed by atoms with Gasteiger partial charge < -0.3 is 9.47 Å². The Morgan fingerprint density at radius 3 is 1.84 bits per heavy atom. The number of hydrogen-bond donors (Lipinski definition) is 0. The normalized spacial score (nSPS) is 10.6. The third-order valence-electron chi connectivity index (χ3n) is 5.46. The van der Waals surface area contributed by atoms with E-state index in [1.54, 1.807) is 7.11 Å². The Morgan fingerprint density at radius 1 is 0.581 bits per heavy atom. The highest BCUT2D eigenvalue weighted by Crippen LogP contribution is 2.41. The van der Waals surface area contributed by atoms with Crippen LogP contribution in [-0.4, -0.2) is 7.11 Å². The van der Waals surface area contributed by atoms with E-state index in [9.17, 15) is 0 Å². The van der Waals surface area contributed by atoms with Crippen LogP contribution in [0.4, 0.5) is 0 Å². The number of methoxy groups -OCH3 is 1. The molecule has 0 aliphatic heterocycles. The van der Waals surface area contributed by atoms with Crippen LogP contribution in [0.3, 0.4) is 0 Å². The molecule has 31 heavy (non-hydrogen) atoms. The minimum absolute atomic E-state index is 0.504. The van der Waals surface area contributed by atoms with Crippen molar-refractivity contribution in [3.63, 3.8) is 0 Å². The third kappa shape index (κ3) is 5.35. The summed E-state index contributed by atoms with van der Waals surface area (Å²) >= 11 is 0. The van der Waals surface area contributed by atoms with Gasteiger partial charge in [0.1, 0.15) is 6.61 Å². The van der Waals surface area contributed by atoms with Crippen molar-refractivity contribution in [3.8, 4) is 22.6 Å². The van der Waals surface area contributed by atoms with Crippen molar-refractivity contribution < 1.29 is 9.47 Å². The second-order valence-electron chi connectivity index (χ2n) is 7.61. The number of ether oxygens (including phenoxy) is 2. The van der Waals surface area contributed by atoms with Crippen molar-refractivity contribution in [2.24, 2.45) is 0 Å². The second kappa shape index (κ2) is 10.5. The molecule has 0 amide bonds. The van der Waals surface area contributed by atoms with E-state index in [-0.39, 0.29) is 0 Å². The molecule has 2 heteroatoms. The van der Waals surface area contributed by atoms with Gasteiger partial charge in [0.15, 0.2) is 11.5 Å². The summed E-state index contributed by atoms with van der Waals surface area (Å²) in [5, 5.41) is 0. The van der Waals surface area contributed by atoms with Crippen molar-refractivity contribution >= 4 is 0 Å². The topological polar surface area (TPSA) is 18.5 Å². The van der Waals surface area contributed by atoms with E-state index in [1.807, 2.05) is 24.3 Å². The van der Waals surface area contributed by atoms with Gasteiger partial charge in [-0.2, -0.15) is 0 Å². The first-order valence-electron chi connectivity index (χ1n) is 10.8. The molecule has 0 spiro atoms. The zero-order valence-corrected chi connectivity index (χ0v) is 18.0. The first kappa shape index (κ1) is 20.7. The fourth-order valence-corrected chi connectivity index (χ4v) is 3.87. The van der Waals surface area contributed by atoms with Crippen molar-refractivity contribution in [2.45, 2.75) is 25.9 Å². The average molecular weight is 409 g/mol. The van der Waals surface area contributed by atoms with Crippen LogP contribution in [-0.2, 0) is 19.4 Å². The number of benzene rings is 4. The van der Waals surface area contributed by atoms with Gasteiger partial charge in [0.25, 0.3) is 0 Å². The standard InChI is InChI=1S/C29H28O2/c1-30-28-26(19-11-16-23-12-5-2-6-13-23)20-21-27(25-17-9-4-10-18-25)29(28)31-22-24-14-7-3-8-15-24/h2-10,12-15,17-18,20-21H,11,16,19,22H2,1H3. The number of rotatable bonds is 9. The summed E-state index contributed by atoms with van der Waals surface area (Å²) in [7, 11) is 1.74. The Hall–Kier alpha value is -3.52. The van der Waals surface area contributed by atoms with Crippen LogP contribution in [0.15, 0.2) is 103 Å². The SMILES string of the molecule is COc1c(CCCc2ccccc2)ccc(-c2ccccc2)c1OCc1ccccc1. The molecule has 0 fully saturated rings. The quantitative estimate of drug-likeness (QED) is 0.294. The molecule has 0 aromatic heterocycles. The molecule has 2 nitrogen and oxygen atoms in total. The molecule has 0 radical (unpaired) electrons. The summed E-state index contributed by atoms with van der Waals surface area (Å²) in [5.41, 5.74) is 5.86. The summed E-state index contributed by atoms with van der Waals surface area (Å²) in [6, 6.07) is 35.6. The maximum absolute atomic E-state index is 6.38. The monoisotopic (exact) mass is 408 g/mol. The molecular formula is C29H28O2. The summed E-state index contributed by atoms with van der Waals surface area (Å²) in [4.78, 5) is 0. The van der Waals surface area contributed by atoms with Gasteiger partial charge in [-0.15, -0.1) is 0 Å². The van der Waals surface area contributed by atoms with Crippen LogP contribution in [0.1, 0.15) is 23.1 Å². The van der Waals surface area contributed by atoms with E-state index in [4.69, 9.17) is 9.47 Å². The highest BCUT2D eigenvalue weighted by atomic mass is 16.5. The Bertz CT molecular complexity index is 1070. The molecule has 0 N–H and O–H groups in total. The molecular weight excluding hydrogens is 380 g/mol. The van der Waals surface area contributed by atoms with Crippen LogP contribution in [0.25, 0.3) is 11.1 Å². The number of aryl methyl sites for hydroxylation is 2. The van der Waals surface area contributed by atoms with E-state index in [1.165, 1.54) is 11.1 Å². The molecule has 0 heterocycles. The minimum atomic E-state index is 0.504. The van der Waals surface area contributed by atoms with Gasteiger partial charge in [0.05, 0.1) is 7.11 Å². The van der Waals surface area contributed by atoms with Crippen molar-refractivity contribution in [1.29, 1.82) is 0 Å². The second-order valence-corrected chi connectivity index (χ2v) is 7.61. The molecule has 0 aliphatic rings. The van der Waals surface area contributed by atoms with Gasteiger partial charge in [0, 0.05) is 5.56 Å². The lowest BCUT2D eigenvalue weighted by atomic mass is 9.98. The first-order valence-corrected chi connectivity index (χ1v) is 10.8. The van der Waals surface area contributed by atoms with Crippen molar-refractivity contribution in [2.75, 3.05) is 7.11 Å². The Morgan fingerprint density at radius 2 is 1.19 bits per heavy atom. The predicted octanol–water partition coefficient (Wildman–Crippen LogP) is 7.12. The lowest BCUT2D eigenvalue weighted by Gasteiger charge is -2.19. The summed E-state index contributed by atoms with van der Waals surface area (Å²) < 4.78 is 12.3. The lowest BCUT2D eigenvalue weighted by molar-refractivity contribution is 0.284. The molecule has 0 saturated heterocycles. The molecule has 156 valence electrons. The van der Waals surface area contributed by atoms with Crippen LogP contribution in [0.5, 0.6) is 11.5 Å². The van der Waals surface area contributed by atoms with Crippen LogP contribution in [0.2, 0.25) is 0 Å².